The van der Waals surface area contributed by atoms with Crippen molar-refractivity contribution in [1.29, 1.82) is 0 Å². The van der Waals surface area contributed by atoms with Gasteiger partial charge in [-0.2, -0.15) is 0 Å². The summed E-state index contributed by atoms with van der Waals surface area (Å²) in [6.45, 7) is 6.01. The predicted molar refractivity (Wildman–Crippen MR) is 87.8 cm³/mol. The monoisotopic (exact) mass is 288 g/mol. The summed E-state index contributed by atoms with van der Waals surface area (Å²) in [5.74, 6) is 0.994. The minimum atomic E-state index is 0.415. The van der Waals surface area contributed by atoms with Gasteiger partial charge in [0.25, 0.3) is 0 Å². The average Bonchev–Trinajstić information content (AvgIpc) is 2.47. The fraction of sp³-hybridized carbons (Fsp3) is 0.556. The summed E-state index contributed by atoms with van der Waals surface area (Å²) < 4.78 is 5.32. The van der Waals surface area contributed by atoms with Crippen LogP contribution in [0.25, 0.3) is 0 Å². The third-order valence-electron chi connectivity index (χ3n) is 4.25. The van der Waals surface area contributed by atoms with Gasteiger partial charge < -0.3 is 15.8 Å². The molecule has 0 spiro atoms. The van der Waals surface area contributed by atoms with E-state index in [0.29, 0.717) is 11.8 Å². The van der Waals surface area contributed by atoms with Crippen molar-refractivity contribution in [2.45, 2.75) is 45.6 Å². The molecule has 0 aliphatic heterocycles. The van der Waals surface area contributed by atoms with Gasteiger partial charge in [-0.15, -0.1) is 0 Å². The van der Waals surface area contributed by atoms with Gasteiger partial charge in [0.1, 0.15) is 0 Å². The number of nitrogens with one attached hydrogen (secondary N) is 1. The lowest BCUT2D eigenvalue weighted by Gasteiger charge is -2.27. The van der Waals surface area contributed by atoms with Crippen LogP contribution in [0.15, 0.2) is 35.7 Å². The zero-order valence-electron chi connectivity index (χ0n) is 13.5. The number of hydrogen-bond donors (Lipinski definition) is 2. The number of ether oxygens (including phenoxy) is 1. The van der Waals surface area contributed by atoms with Crippen LogP contribution in [0.2, 0.25) is 0 Å². The van der Waals surface area contributed by atoms with Gasteiger partial charge in [0, 0.05) is 31.0 Å². The highest BCUT2D eigenvalue weighted by atomic mass is 16.5. The summed E-state index contributed by atoms with van der Waals surface area (Å²) in [7, 11) is 1.76. The van der Waals surface area contributed by atoms with Crippen molar-refractivity contribution in [3.8, 4) is 0 Å². The SMILES string of the molecule is COCC1CCCC(N)=C1NCc1ccc(C(C)C)cc1. The molecule has 3 heteroatoms. The molecule has 0 radical (unpaired) electrons. The summed E-state index contributed by atoms with van der Waals surface area (Å²) in [4.78, 5) is 0. The van der Waals surface area contributed by atoms with Gasteiger partial charge in [-0.3, -0.25) is 0 Å². The first kappa shape index (κ1) is 15.9. The maximum Gasteiger partial charge on any atom is 0.0545 e. The Morgan fingerprint density at radius 2 is 2.00 bits per heavy atom. The first-order valence-corrected chi connectivity index (χ1v) is 7.92. The normalized spacial score (nSPS) is 19.1. The van der Waals surface area contributed by atoms with Crippen LogP contribution < -0.4 is 11.1 Å². The Balaban J connectivity index is 2.00. The molecule has 0 saturated carbocycles. The Morgan fingerprint density at radius 3 is 2.62 bits per heavy atom. The molecule has 3 N–H and O–H groups in total. The second-order valence-corrected chi connectivity index (χ2v) is 6.23. The molecule has 1 aromatic carbocycles. The number of benzene rings is 1. The smallest absolute Gasteiger partial charge is 0.0545 e. The fourth-order valence-electron chi connectivity index (χ4n) is 2.92. The van der Waals surface area contributed by atoms with Crippen molar-refractivity contribution in [2.24, 2.45) is 11.7 Å². The number of nitrogens with two attached hydrogens (primary N) is 1. The maximum atomic E-state index is 6.19. The van der Waals surface area contributed by atoms with Crippen molar-refractivity contribution in [1.82, 2.24) is 5.32 Å². The van der Waals surface area contributed by atoms with E-state index in [1.165, 1.54) is 16.8 Å². The van der Waals surface area contributed by atoms with Crippen LogP contribution in [0.3, 0.4) is 0 Å². The first-order valence-electron chi connectivity index (χ1n) is 7.92. The van der Waals surface area contributed by atoms with E-state index in [-0.39, 0.29) is 0 Å². The third kappa shape index (κ3) is 4.24. The van der Waals surface area contributed by atoms with Crippen molar-refractivity contribution in [3.05, 3.63) is 46.8 Å². The zero-order chi connectivity index (χ0) is 15.2. The van der Waals surface area contributed by atoms with E-state index in [9.17, 15) is 0 Å². The third-order valence-corrected chi connectivity index (χ3v) is 4.25. The lowest BCUT2D eigenvalue weighted by Crippen LogP contribution is -2.30. The van der Waals surface area contributed by atoms with E-state index in [1.807, 2.05) is 0 Å². The maximum absolute atomic E-state index is 6.19. The Hall–Kier alpha value is -1.48. The molecule has 0 saturated heterocycles. The molecule has 0 aromatic heterocycles. The van der Waals surface area contributed by atoms with E-state index in [1.54, 1.807) is 7.11 Å². The molecule has 21 heavy (non-hydrogen) atoms. The highest BCUT2D eigenvalue weighted by Crippen LogP contribution is 2.26. The molecule has 116 valence electrons. The first-order chi connectivity index (χ1) is 10.1. The molecule has 3 nitrogen and oxygen atoms in total. The molecular weight excluding hydrogens is 260 g/mol. The van der Waals surface area contributed by atoms with Crippen molar-refractivity contribution in [3.63, 3.8) is 0 Å². The summed E-state index contributed by atoms with van der Waals surface area (Å²) >= 11 is 0. The number of allylic oxidation sites excluding steroid dienone is 1. The lowest BCUT2D eigenvalue weighted by molar-refractivity contribution is 0.154. The second kappa shape index (κ2) is 7.51. The van der Waals surface area contributed by atoms with Crippen molar-refractivity contribution in [2.75, 3.05) is 13.7 Å². The van der Waals surface area contributed by atoms with Gasteiger partial charge in [0.15, 0.2) is 0 Å². The van der Waals surface area contributed by atoms with Crippen LogP contribution in [0.4, 0.5) is 0 Å². The molecule has 1 aliphatic rings. The van der Waals surface area contributed by atoms with Gasteiger partial charge in [-0.05, 0) is 36.3 Å². The number of rotatable bonds is 6. The molecule has 0 bridgehead atoms. The Morgan fingerprint density at radius 1 is 1.29 bits per heavy atom. The molecular formula is C18H28N2O. The van der Waals surface area contributed by atoms with Crippen LogP contribution in [0.5, 0.6) is 0 Å². The van der Waals surface area contributed by atoms with E-state index in [2.05, 4.69) is 43.4 Å². The largest absolute Gasteiger partial charge is 0.401 e. The Bertz CT molecular complexity index is 476. The van der Waals surface area contributed by atoms with Gasteiger partial charge in [0.05, 0.1) is 6.61 Å². The summed E-state index contributed by atoms with van der Waals surface area (Å²) in [5, 5.41) is 3.55. The minimum absolute atomic E-state index is 0.415. The number of methoxy groups -OCH3 is 1. The molecule has 1 unspecified atom stereocenters. The summed E-state index contributed by atoms with van der Waals surface area (Å²) in [6, 6.07) is 8.83. The predicted octanol–water partition coefficient (Wildman–Crippen LogP) is 3.52. The minimum Gasteiger partial charge on any atom is -0.401 e. The van der Waals surface area contributed by atoms with Gasteiger partial charge in [0.2, 0.25) is 0 Å². The molecule has 0 fully saturated rings. The van der Waals surface area contributed by atoms with Crippen LogP contribution in [0, 0.1) is 5.92 Å². The molecule has 0 amide bonds. The standard InChI is InChI=1S/C18H28N2O/c1-13(2)15-9-7-14(8-10-15)11-20-18-16(12-21-3)5-4-6-17(18)19/h7-10,13,16,20H,4-6,11-12,19H2,1-3H3. The van der Waals surface area contributed by atoms with Crippen LogP contribution in [-0.2, 0) is 11.3 Å². The molecule has 0 heterocycles. The highest BCUT2D eigenvalue weighted by Gasteiger charge is 2.21. The van der Waals surface area contributed by atoms with Gasteiger partial charge >= 0.3 is 0 Å². The highest BCUT2D eigenvalue weighted by molar-refractivity contribution is 5.25. The average molecular weight is 288 g/mol. The molecule has 1 atom stereocenters. The summed E-state index contributed by atoms with van der Waals surface area (Å²) in [5.41, 5.74) is 11.1. The quantitative estimate of drug-likeness (QED) is 0.842. The van der Waals surface area contributed by atoms with Crippen LogP contribution >= 0.6 is 0 Å². The van der Waals surface area contributed by atoms with Crippen LogP contribution in [-0.4, -0.2) is 13.7 Å². The van der Waals surface area contributed by atoms with E-state index < -0.39 is 0 Å². The summed E-state index contributed by atoms with van der Waals surface area (Å²) in [6.07, 6.45) is 3.31. The molecule has 1 aromatic rings. The Kier molecular flexibility index (Phi) is 5.68. The van der Waals surface area contributed by atoms with Crippen molar-refractivity contribution < 1.29 is 4.74 Å². The van der Waals surface area contributed by atoms with Gasteiger partial charge in [-0.1, -0.05) is 38.1 Å². The molecule has 2 rings (SSSR count). The van der Waals surface area contributed by atoms with Crippen molar-refractivity contribution >= 4 is 0 Å². The molecule has 1 aliphatic carbocycles. The number of hydrogen-bond acceptors (Lipinski definition) is 3. The lowest BCUT2D eigenvalue weighted by atomic mass is 9.90. The van der Waals surface area contributed by atoms with E-state index in [0.717, 1.165) is 38.1 Å². The fourth-order valence-corrected chi connectivity index (χ4v) is 2.92. The Labute approximate surface area is 128 Å². The van der Waals surface area contributed by atoms with E-state index in [4.69, 9.17) is 10.5 Å². The van der Waals surface area contributed by atoms with Gasteiger partial charge in [-0.25, -0.2) is 0 Å². The van der Waals surface area contributed by atoms with Crippen LogP contribution in [0.1, 0.15) is 50.2 Å². The second-order valence-electron chi connectivity index (χ2n) is 6.23. The zero-order valence-corrected chi connectivity index (χ0v) is 13.5. The van der Waals surface area contributed by atoms with E-state index >= 15 is 0 Å². The topological polar surface area (TPSA) is 47.3 Å².